The van der Waals surface area contributed by atoms with E-state index in [0.717, 1.165) is 44.9 Å². The molecule has 0 saturated carbocycles. The van der Waals surface area contributed by atoms with Crippen LogP contribution >= 0.6 is 0 Å². The number of carbonyl (C=O) groups is 1. The van der Waals surface area contributed by atoms with Gasteiger partial charge in [-0.2, -0.15) is 0 Å². The van der Waals surface area contributed by atoms with Crippen molar-refractivity contribution in [3.05, 3.63) is 12.2 Å². The van der Waals surface area contributed by atoms with E-state index in [1.807, 2.05) is 0 Å². The fourth-order valence-corrected chi connectivity index (χ4v) is 6.04. The van der Waals surface area contributed by atoms with E-state index in [0.29, 0.717) is 12.8 Å². The van der Waals surface area contributed by atoms with Crippen molar-refractivity contribution in [3.63, 3.8) is 0 Å². The van der Waals surface area contributed by atoms with Crippen molar-refractivity contribution >= 4 is 5.91 Å². The van der Waals surface area contributed by atoms with Crippen LogP contribution in [-0.2, 0) is 4.79 Å². The molecule has 0 aliphatic heterocycles. The molecule has 0 aromatic carbocycles. The monoisotopic (exact) mass is 624 g/mol. The van der Waals surface area contributed by atoms with Crippen LogP contribution in [0.2, 0.25) is 0 Å². The van der Waals surface area contributed by atoms with Crippen LogP contribution in [0.15, 0.2) is 12.2 Å². The lowest BCUT2D eigenvalue weighted by Gasteiger charge is -2.26. The minimum Gasteiger partial charge on any atom is -0.394 e. The van der Waals surface area contributed by atoms with Crippen LogP contribution in [0.5, 0.6) is 0 Å². The number of carbonyl (C=O) groups excluding carboxylic acids is 1. The quantitative estimate of drug-likeness (QED) is 0.0418. The highest BCUT2D eigenvalue weighted by molar-refractivity contribution is 5.76. The van der Waals surface area contributed by atoms with Crippen LogP contribution < -0.4 is 5.32 Å². The maximum absolute atomic E-state index is 12.4. The Morgan fingerprint density at radius 2 is 0.909 bits per heavy atom. The van der Waals surface area contributed by atoms with Gasteiger partial charge >= 0.3 is 0 Å². The fourth-order valence-electron chi connectivity index (χ4n) is 6.04. The van der Waals surface area contributed by atoms with E-state index < -0.39 is 18.2 Å². The summed E-state index contributed by atoms with van der Waals surface area (Å²) in [5, 5.41) is 33.4. The van der Waals surface area contributed by atoms with Crippen molar-refractivity contribution in [2.75, 3.05) is 6.61 Å². The van der Waals surface area contributed by atoms with Crippen LogP contribution in [0.25, 0.3) is 0 Å². The molecule has 1 amide bonds. The molecule has 0 heterocycles. The zero-order valence-corrected chi connectivity index (χ0v) is 29.6. The molecule has 0 spiro atoms. The lowest BCUT2D eigenvalue weighted by molar-refractivity contribution is -0.124. The third-order valence-electron chi connectivity index (χ3n) is 9.12. The molecule has 0 bridgehead atoms. The number of hydrogen-bond acceptors (Lipinski definition) is 4. The summed E-state index contributed by atoms with van der Waals surface area (Å²) in [6.07, 6.45) is 38.7. The molecular weight excluding hydrogens is 546 g/mol. The second-order valence-corrected chi connectivity index (χ2v) is 13.5. The maximum Gasteiger partial charge on any atom is 0.220 e. The van der Waals surface area contributed by atoms with Crippen LogP contribution in [0.4, 0.5) is 0 Å². The summed E-state index contributed by atoms with van der Waals surface area (Å²) in [5.41, 5.74) is 0. The van der Waals surface area contributed by atoms with Crippen molar-refractivity contribution in [3.8, 4) is 0 Å². The lowest BCUT2D eigenvalue weighted by Crippen LogP contribution is -2.50. The van der Waals surface area contributed by atoms with Crippen molar-refractivity contribution in [2.24, 2.45) is 0 Å². The first-order chi connectivity index (χ1) is 21.6. The van der Waals surface area contributed by atoms with Gasteiger partial charge in [0.15, 0.2) is 0 Å². The van der Waals surface area contributed by atoms with Crippen molar-refractivity contribution < 1.29 is 20.1 Å². The minimum atomic E-state index is -1.13. The Kier molecular flexibility index (Phi) is 34.2. The molecule has 3 atom stereocenters. The molecule has 3 unspecified atom stereocenters. The highest BCUT2D eigenvalue weighted by Gasteiger charge is 2.26. The number of amides is 1. The van der Waals surface area contributed by atoms with E-state index in [9.17, 15) is 20.1 Å². The Morgan fingerprint density at radius 1 is 0.545 bits per heavy atom. The molecule has 262 valence electrons. The molecule has 0 rings (SSSR count). The molecule has 0 radical (unpaired) electrons. The number of unbranched alkanes of at least 4 members (excludes halogenated alkanes) is 25. The largest absolute Gasteiger partial charge is 0.394 e. The Bertz CT molecular complexity index is 611. The van der Waals surface area contributed by atoms with Crippen LogP contribution in [0.1, 0.15) is 206 Å². The predicted octanol–water partition coefficient (Wildman–Crippen LogP) is 10.5. The maximum atomic E-state index is 12.4. The second kappa shape index (κ2) is 35.0. The summed E-state index contributed by atoms with van der Waals surface area (Å²) in [6.45, 7) is 4.16. The Hall–Kier alpha value is -0.910. The van der Waals surface area contributed by atoms with Crippen molar-refractivity contribution in [1.82, 2.24) is 5.32 Å². The van der Waals surface area contributed by atoms with Crippen LogP contribution in [0.3, 0.4) is 0 Å². The van der Waals surface area contributed by atoms with E-state index in [-0.39, 0.29) is 12.5 Å². The number of hydrogen-bond donors (Lipinski definition) is 4. The highest BCUT2D eigenvalue weighted by atomic mass is 16.3. The highest BCUT2D eigenvalue weighted by Crippen LogP contribution is 2.16. The number of aliphatic hydroxyl groups excluding tert-OH is 3. The molecule has 5 heteroatoms. The van der Waals surface area contributed by atoms with Gasteiger partial charge in [0.2, 0.25) is 5.91 Å². The topological polar surface area (TPSA) is 89.8 Å². The lowest BCUT2D eigenvalue weighted by atomic mass is 9.99. The first-order valence-corrected chi connectivity index (χ1v) is 19.5. The summed E-state index contributed by atoms with van der Waals surface area (Å²) < 4.78 is 0. The average molecular weight is 624 g/mol. The molecule has 0 aromatic heterocycles. The van der Waals surface area contributed by atoms with E-state index in [4.69, 9.17) is 0 Å². The second-order valence-electron chi connectivity index (χ2n) is 13.5. The summed E-state index contributed by atoms with van der Waals surface area (Å²) >= 11 is 0. The standard InChI is InChI=1S/C39H77NO4/c1-3-5-7-9-11-13-15-17-19-20-22-24-26-28-30-32-34-38(43)40-36(35-41)39(44)37(42)33-31-29-27-25-23-21-18-16-14-12-10-8-6-4-2/h19-20,36-37,39,41-42,44H,3-18,21-35H2,1-2H3,(H,40,43)/b20-19-. The van der Waals surface area contributed by atoms with E-state index in [1.54, 1.807) is 0 Å². The number of rotatable bonds is 35. The Balaban J connectivity index is 3.68. The van der Waals surface area contributed by atoms with Gasteiger partial charge in [-0.1, -0.05) is 174 Å². The van der Waals surface area contributed by atoms with E-state index in [1.165, 1.54) is 135 Å². The zero-order chi connectivity index (χ0) is 32.4. The molecule has 4 N–H and O–H groups in total. The van der Waals surface area contributed by atoms with Gasteiger partial charge in [0, 0.05) is 6.42 Å². The zero-order valence-electron chi connectivity index (χ0n) is 29.6. The summed E-state index contributed by atoms with van der Waals surface area (Å²) in [4.78, 5) is 12.4. The third-order valence-corrected chi connectivity index (χ3v) is 9.12. The van der Waals surface area contributed by atoms with Gasteiger partial charge in [0.1, 0.15) is 6.10 Å². The first-order valence-electron chi connectivity index (χ1n) is 19.5. The Labute approximate surface area is 274 Å². The number of aliphatic hydroxyl groups is 3. The van der Waals surface area contributed by atoms with Gasteiger partial charge in [-0.3, -0.25) is 4.79 Å². The van der Waals surface area contributed by atoms with Crippen LogP contribution in [-0.4, -0.2) is 46.1 Å². The van der Waals surface area contributed by atoms with Crippen molar-refractivity contribution in [1.29, 1.82) is 0 Å². The molecule has 0 saturated heterocycles. The molecule has 5 nitrogen and oxygen atoms in total. The van der Waals surface area contributed by atoms with Gasteiger partial charge in [-0.15, -0.1) is 0 Å². The smallest absolute Gasteiger partial charge is 0.220 e. The molecule has 0 aliphatic rings. The van der Waals surface area contributed by atoms with Gasteiger partial charge in [0.05, 0.1) is 18.8 Å². The average Bonchev–Trinajstić information content (AvgIpc) is 3.03. The Morgan fingerprint density at radius 3 is 1.32 bits per heavy atom. The van der Waals surface area contributed by atoms with Gasteiger partial charge < -0.3 is 20.6 Å². The predicted molar refractivity (Wildman–Crippen MR) is 190 cm³/mol. The van der Waals surface area contributed by atoms with Gasteiger partial charge in [0.25, 0.3) is 0 Å². The summed E-state index contributed by atoms with van der Waals surface area (Å²) in [5.74, 6) is -0.153. The van der Waals surface area contributed by atoms with Crippen molar-refractivity contribution in [2.45, 2.75) is 225 Å². The van der Waals surface area contributed by atoms with Gasteiger partial charge in [-0.25, -0.2) is 0 Å². The third kappa shape index (κ3) is 29.8. The minimum absolute atomic E-state index is 0.153. The number of allylic oxidation sites excluding steroid dienone is 2. The fraction of sp³-hybridized carbons (Fsp3) is 0.923. The first kappa shape index (κ1) is 43.1. The molecule has 44 heavy (non-hydrogen) atoms. The van der Waals surface area contributed by atoms with E-state index >= 15 is 0 Å². The van der Waals surface area contributed by atoms with Gasteiger partial charge in [-0.05, 0) is 38.5 Å². The molecule has 0 aliphatic carbocycles. The van der Waals surface area contributed by atoms with Crippen LogP contribution in [0, 0.1) is 0 Å². The van der Waals surface area contributed by atoms with E-state index in [2.05, 4.69) is 31.3 Å². The summed E-state index contributed by atoms with van der Waals surface area (Å²) in [7, 11) is 0. The summed E-state index contributed by atoms with van der Waals surface area (Å²) in [6, 6.07) is -0.808. The SMILES string of the molecule is CCCCCCCCC/C=C\CCCCCCCC(=O)NC(CO)C(O)C(O)CCCCCCCCCCCCCCCC. The number of nitrogens with one attached hydrogen (secondary N) is 1. The molecule has 0 aromatic rings. The molecular formula is C39H77NO4. The molecule has 0 fully saturated rings. The normalized spacial score (nSPS) is 13.8.